The van der Waals surface area contributed by atoms with Gasteiger partial charge < -0.3 is 4.74 Å². The quantitative estimate of drug-likeness (QED) is 0.742. The van der Waals surface area contributed by atoms with E-state index in [-0.39, 0.29) is 12.2 Å². The first kappa shape index (κ1) is 11.9. The fraction of sp³-hybridized carbons (Fsp3) is 0.400. The van der Waals surface area contributed by atoms with Crippen LogP contribution in [-0.2, 0) is 14.9 Å². The van der Waals surface area contributed by atoms with Crippen LogP contribution in [0.1, 0.15) is 24.8 Å². The third-order valence-electron chi connectivity index (χ3n) is 3.47. The third kappa shape index (κ3) is 2.25. The first-order valence-corrected chi connectivity index (χ1v) is 5.90. The summed E-state index contributed by atoms with van der Waals surface area (Å²) in [6, 6.07) is 9.92. The number of hydrogen-bond donors (Lipinski definition) is 0. The van der Waals surface area contributed by atoms with Gasteiger partial charge in [0.15, 0.2) is 5.78 Å². The van der Waals surface area contributed by atoms with Crippen molar-refractivity contribution in [2.45, 2.75) is 24.7 Å². The van der Waals surface area contributed by atoms with Crippen molar-refractivity contribution in [1.29, 1.82) is 0 Å². The van der Waals surface area contributed by atoms with E-state index < -0.39 is 5.41 Å². The van der Waals surface area contributed by atoms with Gasteiger partial charge in [0.05, 0.1) is 11.8 Å². The van der Waals surface area contributed by atoms with Gasteiger partial charge in [-0.05, 0) is 18.4 Å². The molecule has 1 aliphatic rings. The van der Waals surface area contributed by atoms with Crippen molar-refractivity contribution < 1.29 is 9.53 Å². The molecule has 0 atom stereocenters. The molecule has 2 rings (SSSR count). The monoisotopic (exact) mass is 228 g/mol. The van der Waals surface area contributed by atoms with Crippen molar-refractivity contribution in [3.63, 3.8) is 0 Å². The van der Waals surface area contributed by atoms with E-state index in [4.69, 9.17) is 11.2 Å². The van der Waals surface area contributed by atoms with Crippen LogP contribution in [0.4, 0.5) is 0 Å². The summed E-state index contributed by atoms with van der Waals surface area (Å²) in [5.41, 5.74) is 0.648. The first-order chi connectivity index (χ1) is 8.29. The fourth-order valence-corrected chi connectivity index (χ4v) is 2.47. The number of ether oxygens (including phenoxy) is 1. The Kier molecular flexibility index (Phi) is 3.61. The number of ketones is 1. The van der Waals surface area contributed by atoms with Crippen LogP contribution in [0, 0.1) is 12.3 Å². The van der Waals surface area contributed by atoms with Crippen LogP contribution in [0.3, 0.4) is 0 Å². The second-order valence-electron chi connectivity index (χ2n) is 4.36. The molecule has 17 heavy (non-hydrogen) atoms. The number of carbonyl (C=O) groups excluding carboxylic acids is 1. The molecule has 1 saturated heterocycles. The molecule has 1 aromatic rings. The fourth-order valence-electron chi connectivity index (χ4n) is 2.47. The summed E-state index contributed by atoms with van der Waals surface area (Å²) in [6.07, 6.45) is 6.94. The third-order valence-corrected chi connectivity index (χ3v) is 3.47. The van der Waals surface area contributed by atoms with Gasteiger partial charge in [0.25, 0.3) is 0 Å². The molecule has 0 spiro atoms. The summed E-state index contributed by atoms with van der Waals surface area (Å²) in [5.74, 6) is 2.62. The van der Waals surface area contributed by atoms with Crippen molar-refractivity contribution in [1.82, 2.24) is 0 Å². The second-order valence-corrected chi connectivity index (χ2v) is 4.36. The minimum Gasteiger partial charge on any atom is -0.381 e. The number of Topliss-reactive ketones (excluding diaryl/α,β-unsaturated/α-hetero) is 1. The van der Waals surface area contributed by atoms with Gasteiger partial charge in [-0.3, -0.25) is 4.79 Å². The molecule has 0 saturated carbocycles. The normalized spacial score (nSPS) is 18.3. The minimum atomic E-state index is -0.425. The molecule has 1 aliphatic heterocycles. The Hall–Kier alpha value is -1.59. The van der Waals surface area contributed by atoms with E-state index in [0.717, 1.165) is 18.4 Å². The molecule has 1 heterocycles. The van der Waals surface area contributed by atoms with Gasteiger partial charge in [-0.2, -0.15) is 0 Å². The summed E-state index contributed by atoms with van der Waals surface area (Å²) in [7, 11) is 0. The Bertz CT molecular complexity index is 422. The van der Waals surface area contributed by atoms with E-state index in [1.165, 1.54) is 0 Å². The van der Waals surface area contributed by atoms with Gasteiger partial charge in [-0.15, -0.1) is 6.42 Å². The topological polar surface area (TPSA) is 26.3 Å². The van der Waals surface area contributed by atoms with Crippen LogP contribution in [0.15, 0.2) is 30.3 Å². The van der Waals surface area contributed by atoms with Gasteiger partial charge in [-0.25, -0.2) is 0 Å². The van der Waals surface area contributed by atoms with E-state index in [9.17, 15) is 4.79 Å². The van der Waals surface area contributed by atoms with Gasteiger partial charge in [0, 0.05) is 13.2 Å². The Morgan fingerprint density at radius 2 is 1.94 bits per heavy atom. The second kappa shape index (κ2) is 5.16. The van der Waals surface area contributed by atoms with Crippen molar-refractivity contribution in [3.8, 4) is 12.3 Å². The zero-order valence-electron chi connectivity index (χ0n) is 9.82. The van der Waals surface area contributed by atoms with Gasteiger partial charge in [0.2, 0.25) is 0 Å². The summed E-state index contributed by atoms with van der Waals surface area (Å²) in [6.45, 7) is 1.26. The van der Waals surface area contributed by atoms with E-state index in [2.05, 4.69) is 5.92 Å². The highest BCUT2D eigenvalue weighted by atomic mass is 16.5. The summed E-state index contributed by atoms with van der Waals surface area (Å²) in [4.78, 5) is 12.3. The SMILES string of the molecule is C#CCC(=O)C1(c2ccccc2)CCOCC1. The largest absolute Gasteiger partial charge is 0.381 e. The van der Waals surface area contributed by atoms with Crippen LogP contribution in [0.5, 0.6) is 0 Å². The summed E-state index contributed by atoms with van der Waals surface area (Å²) >= 11 is 0. The lowest BCUT2D eigenvalue weighted by Gasteiger charge is -2.36. The maximum Gasteiger partial charge on any atom is 0.155 e. The van der Waals surface area contributed by atoms with Crippen LogP contribution >= 0.6 is 0 Å². The van der Waals surface area contributed by atoms with Crippen molar-refractivity contribution in [3.05, 3.63) is 35.9 Å². The highest BCUT2D eigenvalue weighted by Crippen LogP contribution is 2.36. The maximum absolute atomic E-state index is 12.3. The van der Waals surface area contributed by atoms with Crippen molar-refractivity contribution in [2.75, 3.05) is 13.2 Å². The van der Waals surface area contributed by atoms with E-state index in [0.29, 0.717) is 13.2 Å². The lowest BCUT2D eigenvalue weighted by molar-refractivity contribution is -0.127. The molecular formula is C15H16O2. The number of hydrogen-bond acceptors (Lipinski definition) is 2. The highest BCUT2D eigenvalue weighted by molar-refractivity contribution is 5.91. The number of carbonyl (C=O) groups is 1. The highest BCUT2D eigenvalue weighted by Gasteiger charge is 2.40. The lowest BCUT2D eigenvalue weighted by atomic mass is 9.70. The average Bonchev–Trinajstić information content (AvgIpc) is 2.41. The Labute approximate surface area is 102 Å². The Balaban J connectivity index is 2.37. The lowest BCUT2D eigenvalue weighted by Crippen LogP contribution is -2.41. The molecule has 0 N–H and O–H groups in total. The van der Waals surface area contributed by atoms with Gasteiger partial charge in [-0.1, -0.05) is 36.3 Å². The van der Waals surface area contributed by atoms with E-state index >= 15 is 0 Å². The molecule has 1 fully saturated rings. The standard InChI is InChI=1S/C15H16O2/c1-2-6-14(16)15(9-11-17-12-10-15)13-7-4-3-5-8-13/h1,3-5,7-8H,6,9-12H2. The molecule has 0 radical (unpaired) electrons. The van der Waals surface area contributed by atoms with E-state index in [1.54, 1.807) is 0 Å². The predicted molar refractivity (Wildman–Crippen MR) is 66.6 cm³/mol. The molecule has 0 amide bonds. The zero-order chi connectivity index (χ0) is 12.1. The molecule has 88 valence electrons. The minimum absolute atomic E-state index is 0.148. The Morgan fingerprint density at radius 3 is 2.53 bits per heavy atom. The molecule has 2 heteroatoms. The smallest absolute Gasteiger partial charge is 0.155 e. The predicted octanol–water partition coefficient (Wildman–Crippen LogP) is 2.33. The summed E-state index contributed by atoms with van der Waals surface area (Å²) in [5, 5.41) is 0. The zero-order valence-corrected chi connectivity index (χ0v) is 9.82. The number of rotatable bonds is 3. The van der Waals surface area contributed by atoms with Gasteiger partial charge in [0.1, 0.15) is 0 Å². The first-order valence-electron chi connectivity index (χ1n) is 5.90. The number of terminal acetylenes is 1. The number of benzene rings is 1. The Morgan fingerprint density at radius 1 is 1.29 bits per heavy atom. The molecule has 2 nitrogen and oxygen atoms in total. The molecule has 0 aliphatic carbocycles. The molecule has 0 bridgehead atoms. The summed E-state index contributed by atoms with van der Waals surface area (Å²) < 4.78 is 5.37. The average molecular weight is 228 g/mol. The molecule has 0 unspecified atom stereocenters. The molecular weight excluding hydrogens is 212 g/mol. The van der Waals surface area contributed by atoms with E-state index in [1.807, 2.05) is 30.3 Å². The molecule has 0 aromatic heterocycles. The van der Waals surface area contributed by atoms with Crippen LogP contribution in [0.25, 0.3) is 0 Å². The van der Waals surface area contributed by atoms with Crippen molar-refractivity contribution in [2.24, 2.45) is 0 Å². The maximum atomic E-state index is 12.3. The molecule has 1 aromatic carbocycles. The van der Waals surface area contributed by atoms with Crippen LogP contribution < -0.4 is 0 Å². The van der Waals surface area contributed by atoms with Gasteiger partial charge >= 0.3 is 0 Å². The van der Waals surface area contributed by atoms with Crippen LogP contribution in [-0.4, -0.2) is 19.0 Å². The van der Waals surface area contributed by atoms with Crippen molar-refractivity contribution >= 4 is 5.78 Å². The van der Waals surface area contributed by atoms with Crippen LogP contribution in [0.2, 0.25) is 0 Å².